The largest absolute Gasteiger partial charge is 0.102 e. The summed E-state index contributed by atoms with van der Waals surface area (Å²) in [5.41, 5.74) is 0.00174. The Morgan fingerprint density at radius 2 is 1.50 bits per heavy atom. The van der Waals surface area contributed by atoms with Crippen LogP contribution in [0.1, 0.15) is 6.42 Å². The van der Waals surface area contributed by atoms with Crippen LogP contribution in [0.15, 0.2) is 38.0 Å². The van der Waals surface area contributed by atoms with E-state index in [0.29, 0.717) is 0 Å². The minimum atomic E-state index is 0.00174. The zero-order valence-electron chi connectivity index (χ0n) is 6.77. The van der Waals surface area contributed by atoms with Gasteiger partial charge in [-0.05, 0) is 6.42 Å². The Morgan fingerprint density at radius 1 is 1.10 bits per heavy atom. The molecule has 0 spiro atoms. The molecule has 10 heavy (non-hydrogen) atoms. The summed E-state index contributed by atoms with van der Waals surface area (Å²) in [4.78, 5) is 0. The van der Waals surface area contributed by atoms with Crippen LogP contribution in [0.3, 0.4) is 0 Å². The summed E-state index contributed by atoms with van der Waals surface area (Å²) in [7, 11) is 1.24. The third kappa shape index (κ3) is 1.99. The topological polar surface area (TPSA) is 0 Å². The van der Waals surface area contributed by atoms with Crippen molar-refractivity contribution in [3.8, 4) is 0 Å². The first kappa shape index (κ1) is 9.44. The fourth-order valence-corrected chi connectivity index (χ4v) is 1.86. The monoisotopic (exact) mass is 152 g/mol. The third-order valence-corrected chi connectivity index (χ3v) is 2.32. The van der Waals surface area contributed by atoms with Gasteiger partial charge in [0.25, 0.3) is 0 Å². The molecule has 0 bridgehead atoms. The van der Waals surface area contributed by atoms with E-state index in [1.165, 1.54) is 16.3 Å². The fraction of sp³-hybridized carbons (Fsp3) is 0.333. The Bertz CT molecular complexity index is 114. The standard InChI is InChI=1S/C9H16Si/c1-4-9(5-2,6-3)7-8-10/h4-6H,1-3,7-8H2,10H3. The molecule has 0 N–H and O–H groups in total. The Balaban J connectivity index is 4.29. The molecule has 0 fully saturated rings. The SMILES string of the molecule is C=CC(C=C)(C=C)CC[SiH3]. The maximum Gasteiger partial charge on any atom is 0.0231 e. The van der Waals surface area contributed by atoms with E-state index in [0.717, 1.165) is 6.42 Å². The van der Waals surface area contributed by atoms with E-state index in [1.807, 2.05) is 18.2 Å². The molecule has 56 valence electrons. The molecule has 0 nitrogen and oxygen atoms in total. The summed E-state index contributed by atoms with van der Waals surface area (Å²) < 4.78 is 0. The van der Waals surface area contributed by atoms with Gasteiger partial charge in [0.15, 0.2) is 0 Å². The van der Waals surface area contributed by atoms with Crippen LogP contribution in [-0.2, 0) is 0 Å². The van der Waals surface area contributed by atoms with Gasteiger partial charge in [0.05, 0.1) is 0 Å². The predicted molar refractivity (Wildman–Crippen MR) is 52.4 cm³/mol. The molecule has 1 heteroatoms. The lowest BCUT2D eigenvalue weighted by atomic mass is 9.86. The lowest BCUT2D eigenvalue weighted by Gasteiger charge is -2.20. The first-order chi connectivity index (χ1) is 4.74. The minimum Gasteiger partial charge on any atom is -0.102 e. The first-order valence-electron chi connectivity index (χ1n) is 3.65. The summed E-state index contributed by atoms with van der Waals surface area (Å²) in [6.45, 7) is 11.3. The highest BCUT2D eigenvalue weighted by Gasteiger charge is 2.15. The van der Waals surface area contributed by atoms with Crippen LogP contribution in [0.2, 0.25) is 6.04 Å². The quantitative estimate of drug-likeness (QED) is 0.415. The van der Waals surface area contributed by atoms with Gasteiger partial charge in [-0.3, -0.25) is 0 Å². The van der Waals surface area contributed by atoms with E-state index in [4.69, 9.17) is 0 Å². The lowest BCUT2D eigenvalue weighted by molar-refractivity contribution is 0.607. The number of hydrogen-bond donors (Lipinski definition) is 0. The van der Waals surface area contributed by atoms with Crippen molar-refractivity contribution in [2.45, 2.75) is 12.5 Å². The molecular formula is C9H16Si. The van der Waals surface area contributed by atoms with E-state index in [2.05, 4.69) is 19.7 Å². The summed E-state index contributed by atoms with van der Waals surface area (Å²) >= 11 is 0. The second-order valence-corrected chi connectivity index (χ2v) is 3.47. The highest BCUT2D eigenvalue weighted by molar-refractivity contribution is 6.08. The molecule has 0 unspecified atom stereocenters. The first-order valence-corrected chi connectivity index (χ1v) is 5.07. The maximum atomic E-state index is 3.77. The van der Waals surface area contributed by atoms with Gasteiger partial charge in [-0.15, -0.1) is 19.7 Å². The van der Waals surface area contributed by atoms with Crippen molar-refractivity contribution < 1.29 is 0 Å². The lowest BCUT2D eigenvalue weighted by Crippen LogP contribution is -2.09. The average molecular weight is 152 g/mol. The van der Waals surface area contributed by atoms with E-state index in [-0.39, 0.29) is 5.41 Å². The van der Waals surface area contributed by atoms with E-state index < -0.39 is 0 Å². The van der Waals surface area contributed by atoms with Gasteiger partial charge in [0.2, 0.25) is 0 Å². The van der Waals surface area contributed by atoms with Gasteiger partial charge in [-0.25, -0.2) is 0 Å². The molecule has 0 saturated heterocycles. The molecule has 0 rings (SSSR count). The second kappa shape index (κ2) is 4.28. The van der Waals surface area contributed by atoms with Gasteiger partial charge >= 0.3 is 0 Å². The molecular weight excluding hydrogens is 136 g/mol. The molecule has 0 atom stereocenters. The van der Waals surface area contributed by atoms with E-state index in [1.54, 1.807) is 0 Å². The van der Waals surface area contributed by atoms with Crippen LogP contribution >= 0.6 is 0 Å². The molecule has 0 heterocycles. The van der Waals surface area contributed by atoms with Crippen LogP contribution < -0.4 is 0 Å². The Morgan fingerprint density at radius 3 is 1.60 bits per heavy atom. The van der Waals surface area contributed by atoms with Gasteiger partial charge in [0, 0.05) is 15.7 Å². The van der Waals surface area contributed by atoms with Crippen molar-refractivity contribution in [1.29, 1.82) is 0 Å². The average Bonchev–Trinajstić information content (AvgIpc) is 2.01. The molecule has 0 aliphatic rings. The molecule has 0 aromatic carbocycles. The number of allylic oxidation sites excluding steroid dienone is 3. The molecule has 0 aromatic heterocycles. The van der Waals surface area contributed by atoms with Crippen molar-refractivity contribution in [3.63, 3.8) is 0 Å². The number of hydrogen-bond acceptors (Lipinski definition) is 0. The summed E-state index contributed by atoms with van der Waals surface area (Å²) in [6.07, 6.45) is 6.89. The summed E-state index contributed by atoms with van der Waals surface area (Å²) in [5, 5.41) is 0. The van der Waals surface area contributed by atoms with Crippen LogP contribution in [0, 0.1) is 5.41 Å². The molecule has 0 radical (unpaired) electrons. The van der Waals surface area contributed by atoms with Crippen molar-refractivity contribution in [2.75, 3.05) is 0 Å². The summed E-state index contributed by atoms with van der Waals surface area (Å²) in [6, 6.07) is 1.27. The Labute approximate surface area is 66.8 Å². The zero-order chi connectivity index (χ0) is 8.04. The smallest absolute Gasteiger partial charge is 0.0231 e. The zero-order valence-corrected chi connectivity index (χ0v) is 8.77. The summed E-state index contributed by atoms with van der Waals surface area (Å²) in [5.74, 6) is 0. The molecule has 0 amide bonds. The van der Waals surface area contributed by atoms with E-state index in [9.17, 15) is 0 Å². The van der Waals surface area contributed by atoms with Gasteiger partial charge in [0.1, 0.15) is 0 Å². The van der Waals surface area contributed by atoms with Crippen LogP contribution in [0.25, 0.3) is 0 Å². The number of rotatable bonds is 5. The highest BCUT2D eigenvalue weighted by atomic mass is 28.1. The van der Waals surface area contributed by atoms with Gasteiger partial charge in [-0.2, -0.15) is 0 Å². The van der Waals surface area contributed by atoms with Crippen LogP contribution in [0.4, 0.5) is 0 Å². The van der Waals surface area contributed by atoms with Crippen molar-refractivity contribution in [3.05, 3.63) is 38.0 Å². The Kier molecular flexibility index (Phi) is 4.04. The second-order valence-electron chi connectivity index (χ2n) is 2.47. The minimum absolute atomic E-state index is 0.00174. The molecule has 0 aliphatic carbocycles. The molecule has 0 saturated carbocycles. The van der Waals surface area contributed by atoms with E-state index >= 15 is 0 Å². The Hall–Kier alpha value is -0.563. The van der Waals surface area contributed by atoms with Crippen molar-refractivity contribution in [2.24, 2.45) is 5.41 Å². The van der Waals surface area contributed by atoms with Crippen LogP contribution in [0.5, 0.6) is 0 Å². The fourth-order valence-electron chi connectivity index (χ4n) is 0.989. The van der Waals surface area contributed by atoms with Crippen molar-refractivity contribution >= 4 is 10.2 Å². The highest BCUT2D eigenvalue weighted by Crippen LogP contribution is 2.27. The van der Waals surface area contributed by atoms with Crippen molar-refractivity contribution in [1.82, 2.24) is 0 Å². The molecule has 0 aromatic rings. The maximum absolute atomic E-state index is 3.77. The van der Waals surface area contributed by atoms with Gasteiger partial charge < -0.3 is 0 Å². The molecule has 0 aliphatic heterocycles. The van der Waals surface area contributed by atoms with Crippen LogP contribution in [-0.4, -0.2) is 10.2 Å². The third-order valence-electron chi connectivity index (χ3n) is 1.82. The normalized spacial score (nSPS) is 10.8. The van der Waals surface area contributed by atoms with Gasteiger partial charge in [-0.1, -0.05) is 24.3 Å². The predicted octanol–water partition coefficient (Wildman–Crippen LogP) is 1.70.